The topological polar surface area (TPSA) is 39.1 Å². The van der Waals surface area contributed by atoms with Gasteiger partial charge in [-0.2, -0.15) is 0 Å². The Hall–Kier alpha value is -2.70. The van der Waals surface area contributed by atoms with Crippen LogP contribution in [0.2, 0.25) is 0 Å². The number of aromatic nitrogens is 2. The lowest BCUT2D eigenvalue weighted by Gasteiger charge is -2.39. The molecule has 0 radical (unpaired) electrons. The van der Waals surface area contributed by atoms with Crippen LogP contribution in [-0.4, -0.2) is 15.9 Å². The lowest BCUT2D eigenvalue weighted by molar-refractivity contribution is -0.274. The highest BCUT2D eigenvalue weighted by Gasteiger charge is 2.34. The van der Waals surface area contributed by atoms with Gasteiger partial charge in [0.25, 0.3) is 0 Å². The van der Waals surface area contributed by atoms with E-state index in [0.717, 1.165) is 23.4 Å². The van der Waals surface area contributed by atoms with Crippen molar-refractivity contribution in [3.8, 4) is 5.75 Å². The van der Waals surface area contributed by atoms with Gasteiger partial charge in [0, 0.05) is 11.7 Å². The molecular formula is C27H34F3N3O. The number of hydrogen-bond donors (Lipinski definition) is 1. The molecule has 0 spiro atoms. The van der Waals surface area contributed by atoms with Gasteiger partial charge in [-0.3, -0.25) is 0 Å². The molecule has 1 N–H and O–H groups in total. The molecule has 1 aliphatic rings. The number of nitrogens with one attached hydrogen (secondary N) is 1. The van der Waals surface area contributed by atoms with Gasteiger partial charge in [0.05, 0.1) is 11.0 Å². The zero-order valence-electron chi connectivity index (χ0n) is 20.5. The maximum Gasteiger partial charge on any atom is 0.573 e. The third-order valence-corrected chi connectivity index (χ3v) is 7.04. The zero-order chi connectivity index (χ0) is 24.6. The normalized spacial score (nSPS) is 21.4. The van der Waals surface area contributed by atoms with Gasteiger partial charge < -0.3 is 14.6 Å². The van der Waals surface area contributed by atoms with Crippen molar-refractivity contribution in [3.05, 3.63) is 48.0 Å². The van der Waals surface area contributed by atoms with Crippen molar-refractivity contribution in [3.63, 3.8) is 0 Å². The Bertz CT molecular complexity index is 1120. The molecule has 0 bridgehead atoms. The highest BCUT2D eigenvalue weighted by atomic mass is 19.4. The molecule has 1 aromatic heterocycles. The van der Waals surface area contributed by atoms with Crippen LogP contribution in [0.1, 0.15) is 71.4 Å². The van der Waals surface area contributed by atoms with Gasteiger partial charge in [-0.15, -0.1) is 13.2 Å². The second-order valence-corrected chi connectivity index (χ2v) is 10.3. The van der Waals surface area contributed by atoms with E-state index in [9.17, 15) is 13.2 Å². The number of hydrogen-bond acceptors (Lipinski definition) is 3. The highest BCUT2D eigenvalue weighted by molar-refractivity contribution is 5.81. The Morgan fingerprint density at radius 1 is 1.03 bits per heavy atom. The maximum absolute atomic E-state index is 12.5. The molecular weight excluding hydrogens is 439 g/mol. The molecule has 1 heterocycles. The summed E-state index contributed by atoms with van der Waals surface area (Å²) < 4.78 is 44.0. The number of benzene rings is 2. The van der Waals surface area contributed by atoms with Crippen molar-refractivity contribution in [2.45, 2.75) is 72.2 Å². The predicted octanol–water partition coefficient (Wildman–Crippen LogP) is 8.44. The molecule has 3 aromatic rings. The molecule has 4 nitrogen and oxygen atoms in total. The zero-order valence-corrected chi connectivity index (χ0v) is 20.5. The molecule has 0 aliphatic heterocycles. The van der Waals surface area contributed by atoms with Gasteiger partial charge in [0.2, 0.25) is 5.95 Å². The summed E-state index contributed by atoms with van der Waals surface area (Å²) in [5, 5.41) is 3.39. The maximum atomic E-state index is 12.5. The minimum Gasteiger partial charge on any atom is -0.406 e. The molecule has 1 aliphatic carbocycles. The Morgan fingerprint density at radius 3 is 2.35 bits per heavy atom. The molecule has 3 atom stereocenters. The molecule has 34 heavy (non-hydrogen) atoms. The van der Waals surface area contributed by atoms with E-state index in [4.69, 9.17) is 4.98 Å². The summed E-state index contributed by atoms with van der Waals surface area (Å²) in [6, 6.07) is 12.6. The van der Waals surface area contributed by atoms with E-state index >= 15 is 0 Å². The average molecular weight is 474 g/mol. The van der Waals surface area contributed by atoms with E-state index in [2.05, 4.69) is 67.4 Å². The number of fused-ring (bicyclic) bond motifs is 1. The quantitative estimate of drug-likeness (QED) is 0.390. The fraction of sp³-hybridized carbons (Fsp3) is 0.519. The van der Waals surface area contributed by atoms with Crippen molar-refractivity contribution in [2.24, 2.45) is 17.8 Å². The van der Waals surface area contributed by atoms with Crippen LogP contribution in [0.15, 0.2) is 42.5 Å². The second kappa shape index (κ2) is 9.51. The summed E-state index contributed by atoms with van der Waals surface area (Å²) >= 11 is 0. The average Bonchev–Trinajstić information content (AvgIpc) is 3.10. The molecule has 1 fully saturated rings. The largest absolute Gasteiger partial charge is 0.573 e. The fourth-order valence-corrected chi connectivity index (χ4v) is 5.22. The third-order valence-electron chi connectivity index (χ3n) is 7.04. The van der Waals surface area contributed by atoms with E-state index in [1.54, 1.807) is 12.1 Å². The van der Waals surface area contributed by atoms with E-state index in [1.165, 1.54) is 30.5 Å². The van der Waals surface area contributed by atoms with Gasteiger partial charge in [0.15, 0.2) is 0 Å². The molecule has 184 valence electrons. The molecule has 2 aromatic carbocycles. The van der Waals surface area contributed by atoms with Gasteiger partial charge in [-0.05, 0) is 78.5 Å². The number of imidazole rings is 1. The van der Waals surface area contributed by atoms with Gasteiger partial charge in [-0.1, -0.05) is 47.1 Å². The van der Waals surface area contributed by atoms with Crippen LogP contribution < -0.4 is 10.1 Å². The SMILES string of the molecule is CC(C)c1ccc2c(c1)nc(Nc1ccc(OC(F)(F)F)cc1)n2[C@@H]1C[C@H](C)CC[C@H]1C(C)C. The molecule has 7 heteroatoms. The molecule has 1 saturated carbocycles. The lowest BCUT2D eigenvalue weighted by Crippen LogP contribution is -2.30. The number of ether oxygens (including phenoxy) is 1. The van der Waals surface area contributed by atoms with E-state index in [1.807, 2.05) is 0 Å². The Balaban J connectivity index is 1.75. The standard InChI is InChI=1S/C27H34F3N3O/c1-16(2)19-7-13-24-23(15-19)32-26(31-20-8-10-21(11-9-20)34-27(28,29)30)33(24)25-14-18(5)6-12-22(25)17(3)4/h7-11,13,15-18,22,25H,6,12,14H2,1-5H3,(H,31,32)/t18-,22+,25-/m1/s1. The number of alkyl halides is 3. The first-order valence-electron chi connectivity index (χ1n) is 12.2. The Kier molecular flexibility index (Phi) is 6.83. The molecule has 0 unspecified atom stereocenters. The first-order valence-corrected chi connectivity index (χ1v) is 12.2. The molecule has 4 rings (SSSR count). The smallest absolute Gasteiger partial charge is 0.406 e. The highest BCUT2D eigenvalue weighted by Crippen LogP contribution is 2.44. The first-order chi connectivity index (χ1) is 16.0. The minimum atomic E-state index is -4.71. The minimum absolute atomic E-state index is 0.242. The van der Waals surface area contributed by atoms with Crippen molar-refractivity contribution in [1.82, 2.24) is 9.55 Å². The van der Waals surface area contributed by atoms with E-state index < -0.39 is 6.36 Å². The van der Waals surface area contributed by atoms with Crippen LogP contribution >= 0.6 is 0 Å². The molecule has 0 amide bonds. The van der Waals surface area contributed by atoms with Gasteiger partial charge in [-0.25, -0.2) is 4.98 Å². The Labute approximate surface area is 199 Å². The second-order valence-electron chi connectivity index (χ2n) is 10.3. The van der Waals surface area contributed by atoms with E-state index in [-0.39, 0.29) is 5.75 Å². The number of anilines is 2. The first kappa shape index (κ1) is 24.4. The van der Waals surface area contributed by atoms with Crippen LogP contribution in [0.3, 0.4) is 0 Å². The summed E-state index contributed by atoms with van der Waals surface area (Å²) in [5.74, 6) is 2.57. The fourth-order valence-electron chi connectivity index (χ4n) is 5.22. The van der Waals surface area contributed by atoms with Gasteiger partial charge >= 0.3 is 6.36 Å². The van der Waals surface area contributed by atoms with Crippen LogP contribution in [0.4, 0.5) is 24.8 Å². The summed E-state index contributed by atoms with van der Waals surface area (Å²) in [5.41, 5.74) is 3.93. The van der Waals surface area contributed by atoms with Crippen molar-refractivity contribution in [2.75, 3.05) is 5.32 Å². The van der Waals surface area contributed by atoms with Crippen LogP contribution in [0.5, 0.6) is 5.75 Å². The Morgan fingerprint density at radius 2 is 1.74 bits per heavy atom. The summed E-state index contributed by atoms with van der Waals surface area (Å²) in [6.45, 7) is 11.2. The van der Waals surface area contributed by atoms with Crippen LogP contribution in [0.25, 0.3) is 11.0 Å². The van der Waals surface area contributed by atoms with Crippen LogP contribution in [0, 0.1) is 17.8 Å². The number of rotatable bonds is 6. The van der Waals surface area contributed by atoms with Crippen LogP contribution in [-0.2, 0) is 0 Å². The molecule has 0 saturated heterocycles. The summed E-state index contributed by atoms with van der Waals surface area (Å²) in [4.78, 5) is 4.97. The summed E-state index contributed by atoms with van der Waals surface area (Å²) in [7, 11) is 0. The predicted molar refractivity (Wildman–Crippen MR) is 131 cm³/mol. The number of halogens is 3. The van der Waals surface area contributed by atoms with Crippen molar-refractivity contribution >= 4 is 22.7 Å². The summed E-state index contributed by atoms with van der Waals surface area (Å²) in [6.07, 6.45) is -1.23. The monoisotopic (exact) mass is 473 g/mol. The van der Waals surface area contributed by atoms with Crippen molar-refractivity contribution in [1.29, 1.82) is 0 Å². The van der Waals surface area contributed by atoms with E-state index in [0.29, 0.717) is 35.4 Å². The lowest BCUT2D eigenvalue weighted by atomic mass is 9.74. The number of nitrogens with zero attached hydrogens (tertiary/aromatic N) is 2. The van der Waals surface area contributed by atoms with Crippen molar-refractivity contribution < 1.29 is 17.9 Å². The third kappa shape index (κ3) is 5.34. The van der Waals surface area contributed by atoms with Gasteiger partial charge in [0.1, 0.15) is 5.75 Å².